The highest BCUT2D eigenvalue weighted by Gasteiger charge is 2.19. The van der Waals surface area contributed by atoms with Crippen molar-refractivity contribution >= 4 is 23.3 Å². The first-order valence-corrected chi connectivity index (χ1v) is 4.96. The maximum atomic E-state index is 11.7. The number of carbonyl (C=O) groups is 1. The highest BCUT2D eigenvalue weighted by Crippen LogP contribution is 2.21. The number of rotatable bonds is 1. The molecule has 0 bridgehead atoms. The third kappa shape index (κ3) is 3.44. The molecule has 1 aromatic rings. The van der Waals surface area contributed by atoms with Gasteiger partial charge in [-0.05, 0) is 39.0 Å². The Bertz CT molecular complexity index is 383. The Kier molecular flexibility index (Phi) is 3.25. The molecule has 2 N–H and O–H groups in total. The Morgan fingerprint density at radius 2 is 2.00 bits per heavy atom. The quantitative estimate of drug-likeness (QED) is 0.593. The average molecular weight is 228 g/mol. The number of hydrogen-bond acceptors (Lipinski definition) is 3. The van der Waals surface area contributed by atoms with Gasteiger partial charge in [0.2, 0.25) is 0 Å². The molecule has 0 aromatic heterocycles. The number of esters is 1. The van der Waals surface area contributed by atoms with Crippen LogP contribution < -0.4 is 5.73 Å². The van der Waals surface area contributed by atoms with E-state index >= 15 is 0 Å². The Labute approximate surface area is 94.2 Å². The second-order valence-corrected chi connectivity index (χ2v) is 4.67. The fourth-order valence-corrected chi connectivity index (χ4v) is 1.21. The summed E-state index contributed by atoms with van der Waals surface area (Å²) < 4.78 is 5.18. The molecule has 1 rings (SSSR count). The molecule has 0 radical (unpaired) electrons. The van der Waals surface area contributed by atoms with E-state index in [-0.39, 0.29) is 0 Å². The van der Waals surface area contributed by atoms with E-state index in [1.807, 2.05) is 0 Å². The third-order valence-corrected chi connectivity index (χ3v) is 1.87. The molecule has 15 heavy (non-hydrogen) atoms. The van der Waals surface area contributed by atoms with Gasteiger partial charge in [-0.2, -0.15) is 0 Å². The Hall–Kier alpha value is -1.22. The molecule has 0 aliphatic heterocycles. The van der Waals surface area contributed by atoms with Crippen LogP contribution in [0.3, 0.4) is 0 Å². The lowest BCUT2D eigenvalue weighted by molar-refractivity contribution is 0.00708. The normalized spacial score (nSPS) is 11.2. The fourth-order valence-electron chi connectivity index (χ4n) is 1.04. The summed E-state index contributed by atoms with van der Waals surface area (Å²) >= 11 is 5.77. The lowest BCUT2D eigenvalue weighted by Gasteiger charge is -2.20. The number of anilines is 1. The van der Waals surface area contributed by atoms with Gasteiger partial charge in [-0.1, -0.05) is 11.6 Å². The van der Waals surface area contributed by atoms with Gasteiger partial charge in [-0.3, -0.25) is 0 Å². The van der Waals surface area contributed by atoms with E-state index in [1.165, 1.54) is 6.07 Å². The number of halogens is 1. The van der Waals surface area contributed by atoms with Crippen molar-refractivity contribution in [1.29, 1.82) is 0 Å². The molecule has 0 atom stereocenters. The van der Waals surface area contributed by atoms with Gasteiger partial charge in [-0.15, -0.1) is 0 Å². The minimum Gasteiger partial charge on any atom is -0.456 e. The maximum Gasteiger partial charge on any atom is 0.340 e. The SMILES string of the molecule is CC(C)(C)OC(=O)c1cc(Cl)ccc1N. The van der Waals surface area contributed by atoms with E-state index in [4.69, 9.17) is 22.1 Å². The summed E-state index contributed by atoms with van der Waals surface area (Å²) in [7, 11) is 0. The van der Waals surface area contributed by atoms with E-state index in [0.717, 1.165) is 0 Å². The molecule has 82 valence electrons. The number of benzene rings is 1. The first-order chi connectivity index (χ1) is 6.79. The molecule has 0 heterocycles. The van der Waals surface area contributed by atoms with E-state index in [2.05, 4.69) is 0 Å². The molecular weight excluding hydrogens is 214 g/mol. The van der Waals surface area contributed by atoms with Crippen molar-refractivity contribution in [2.24, 2.45) is 0 Å². The smallest absolute Gasteiger partial charge is 0.340 e. The van der Waals surface area contributed by atoms with Crippen LogP contribution in [0.1, 0.15) is 31.1 Å². The van der Waals surface area contributed by atoms with Crippen molar-refractivity contribution < 1.29 is 9.53 Å². The van der Waals surface area contributed by atoms with Crippen molar-refractivity contribution in [2.45, 2.75) is 26.4 Å². The van der Waals surface area contributed by atoms with Crippen LogP contribution in [-0.2, 0) is 4.74 Å². The van der Waals surface area contributed by atoms with Gasteiger partial charge < -0.3 is 10.5 Å². The van der Waals surface area contributed by atoms with Crippen molar-refractivity contribution in [3.8, 4) is 0 Å². The lowest BCUT2D eigenvalue weighted by Crippen LogP contribution is -2.24. The van der Waals surface area contributed by atoms with E-state index < -0.39 is 11.6 Å². The van der Waals surface area contributed by atoms with Crippen molar-refractivity contribution in [3.63, 3.8) is 0 Å². The highest BCUT2D eigenvalue weighted by molar-refractivity contribution is 6.31. The number of nitrogens with two attached hydrogens (primary N) is 1. The average Bonchev–Trinajstić information content (AvgIpc) is 2.06. The summed E-state index contributed by atoms with van der Waals surface area (Å²) in [6.45, 7) is 5.39. The van der Waals surface area contributed by atoms with Crippen molar-refractivity contribution in [1.82, 2.24) is 0 Å². The molecule has 1 aromatic carbocycles. The summed E-state index contributed by atoms with van der Waals surface area (Å²) in [5.74, 6) is -0.456. The highest BCUT2D eigenvalue weighted by atomic mass is 35.5. The summed E-state index contributed by atoms with van der Waals surface area (Å²) in [6.07, 6.45) is 0. The van der Waals surface area contributed by atoms with Crippen LogP contribution in [0, 0.1) is 0 Å². The van der Waals surface area contributed by atoms with Crippen LogP contribution in [0.15, 0.2) is 18.2 Å². The van der Waals surface area contributed by atoms with E-state index in [0.29, 0.717) is 16.3 Å². The summed E-state index contributed by atoms with van der Waals surface area (Å²) in [4.78, 5) is 11.7. The molecule has 0 unspecified atom stereocenters. The lowest BCUT2D eigenvalue weighted by atomic mass is 10.1. The van der Waals surface area contributed by atoms with Crippen LogP contribution in [-0.4, -0.2) is 11.6 Å². The largest absolute Gasteiger partial charge is 0.456 e. The summed E-state index contributed by atoms with van der Waals surface area (Å²) in [5.41, 5.74) is 5.79. The standard InChI is InChI=1S/C11H14ClNO2/c1-11(2,3)15-10(14)8-6-7(12)4-5-9(8)13/h4-6H,13H2,1-3H3. The first kappa shape index (κ1) is 11.9. The minimum atomic E-state index is -0.536. The second kappa shape index (κ2) is 4.11. The maximum absolute atomic E-state index is 11.7. The molecule has 0 fully saturated rings. The second-order valence-electron chi connectivity index (χ2n) is 4.23. The van der Waals surface area contributed by atoms with Crippen molar-refractivity contribution in [2.75, 3.05) is 5.73 Å². The van der Waals surface area contributed by atoms with Gasteiger partial charge >= 0.3 is 5.97 Å². The van der Waals surface area contributed by atoms with Gasteiger partial charge in [0.15, 0.2) is 0 Å². The fraction of sp³-hybridized carbons (Fsp3) is 0.364. The van der Waals surface area contributed by atoms with Crippen molar-refractivity contribution in [3.05, 3.63) is 28.8 Å². The molecule has 0 saturated heterocycles. The van der Waals surface area contributed by atoms with Gasteiger partial charge in [0.05, 0.1) is 5.56 Å². The summed E-state index contributed by atoms with van der Waals surface area (Å²) in [5, 5.41) is 0.463. The molecule has 0 spiro atoms. The van der Waals surface area contributed by atoms with Crippen LogP contribution >= 0.6 is 11.6 Å². The number of carbonyl (C=O) groups excluding carboxylic acids is 1. The first-order valence-electron chi connectivity index (χ1n) is 4.58. The Morgan fingerprint density at radius 3 is 2.53 bits per heavy atom. The predicted octanol–water partition coefficient (Wildman–Crippen LogP) is 2.88. The molecule has 4 heteroatoms. The van der Waals surface area contributed by atoms with E-state index in [1.54, 1.807) is 32.9 Å². The Morgan fingerprint density at radius 1 is 1.40 bits per heavy atom. The van der Waals surface area contributed by atoms with Crippen LogP contribution in [0.25, 0.3) is 0 Å². The van der Waals surface area contributed by atoms with Crippen LogP contribution in [0.4, 0.5) is 5.69 Å². The van der Waals surface area contributed by atoms with Crippen LogP contribution in [0.2, 0.25) is 5.02 Å². The molecule has 0 saturated carbocycles. The zero-order chi connectivity index (χ0) is 11.6. The molecule has 0 aliphatic carbocycles. The Balaban J connectivity index is 2.96. The number of ether oxygens (including phenoxy) is 1. The van der Waals surface area contributed by atoms with E-state index in [9.17, 15) is 4.79 Å². The monoisotopic (exact) mass is 227 g/mol. The molecule has 0 amide bonds. The third-order valence-electron chi connectivity index (χ3n) is 1.63. The van der Waals surface area contributed by atoms with Gasteiger partial charge in [0, 0.05) is 10.7 Å². The van der Waals surface area contributed by atoms with Gasteiger partial charge in [0.1, 0.15) is 5.60 Å². The van der Waals surface area contributed by atoms with Gasteiger partial charge in [0.25, 0.3) is 0 Å². The predicted molar refractivity (Wildman–Crippen MR) is 61.0 cm³/mol. The summed E-state index contributed by atoms with van der Waals surface area (Å²) in [6, 6.07) is 4.72. The topological polar surface area (TPSA) is 52.3 Å². The number of nitrogen functional groups attached to an aromatic ring is 1. The molecular formula is C11H14ClNO2. The van der Waals surface area contributed by atoms with Gasteiger partial charge in [-0.25, -0.2) is 4.79 Å². The minimum absolute atomic E-state index is 0.303. The zero-order valence-electron chi connectivity index (χ0n) is 9.00. The number of hydrogen-bond donors (Lipinski definition) is 1. The zero-order valence-corrected chi connectivity index (χ0v) is 9.76. The molecule has 3 nitrogen and oxygen atoms in total. The molecule has 0 aliphatic rings. The van der Waals surface area contributed by atoms with Crippen LogP contribution in [0.5, 0.6) is 0 Å².